The van der Waals surface area contributed by atoms with Gasteiger partial charge >= 0.3 is 5.97 Å². The molecule has 4 N–H and O–H groups in total. The Balaban J connectivity index is 2.08. The van der Waals surface area contributed by atoms with Gasteiger partial charge in [0.05, 0.1) is 6.04 Å². The van der Waals surface area contributed by atoms with Crippen LogP contribution in [0.2, 0.25) is 0 Å². The average Bonchev–Trinajstić information content (AvgIpc) is 2.88. The zero-order valence-electron chi connectivity index (χ0n) is 21.5. The number of carboxylic acids is 1. The number of nitrogens with one attached hydrogen (secondary N) is 3. The summed E-state index contributed by atoms with van der Waals surface area (Å²) in [4.78, 5) is 37.9. The number of para-hydroxylation sites is 1. The van der Waals surface area contributed by atoms with Crippen LogP contribution >= 0.6 is 0 Å². The van der Waals surface area contributed by atoms with Gasteiger partial charge in [0.1, 0.15) is 12.1 Å². The lowest BCUT2D eigenvalue weighted by Crippen LogP contribution is -2.54. The van der Waals surface area contributed by atoms with Crippen molar-refractivity contribution in [1.29, 1.82) is 0 Å². The fraction of sp³-hybridized carbons (Fsp3) is 0.483. The van der Waals surface area contributed by atoms with Crippen molar-refractivity contribution < 1.29 is 19.5 Å². The van der Waals surface area contributed by atoms with Gasteiger partial charge in [0.15, 0.2) is 0 Å². The fourth-order valence-electron chi connectivity index (χ4n) is 4.04. The first-order chi connectivity index (χ1) is 17.4. The van der Waals surface area contributed by atoms with E-state index in [0.717, 1.165) is 24.8 Å². The molecule has 0 aliphatic rings. The highest BCUT2D eigenvalue weighted by Crippen LogP contribution is 2.13. The number of anilines is 1. The SMILES string of the molecule is CCCCCCCC[C@H](NC(=O)[C@H](CCc1ccccc1)N[C@H](C)C(=O)O)C(=O)Nc1ccccc1. The molecule has 0 aromatic heterocycles. The predicted octanol–water partition coefficient (Wildman–Crippen LogP) is 4.92. The van der Waals surface area contributed by atoms with Crippen LogP contribution in [0.3, 0.4) is 0 Å². The molecule has 3 atom stereocenters. The quantitative estimate of drug-likeness (QED) is 0.233. The number of benzene rings is 2. The minimum absolute atomic E-state index is 0.267. The lowest BCUT2D eigenvalue weighted by molar-refractivity contribution is -0.139. The zero-order chi connectivity index (χ0) is 26.2. The minimum atomic E-state index is -1.03. The molecule has 0 heterocycles. The van der Waals surface area contributed by atoms with Crippen LogP contribution in [0.5, 0.6) is 0 Å². The second-order valence-corrected chi connectivity index (χ2v) is 9.28. The van der Waals surface area contributed by atoms with Crippen molar-refractivity contribution in [3.05, 3.63) is 66.2 Å². The number of aliphatic carboxylic acids is 1. The Hall–Kier alpha value is -3.19. The molecule has 0 radical (unpaired) electrons. The summed E-state index contributed by atoms with van der Waals surface area (Å²) in [6.07, 6.45) is 8.01. The van der Waals surface area contributed by atoms with Crippen LogP contribution in [0.15, 0.2) is 60.7 Å². The Morgan fingerprint density at radius 3 is 2.03 bits per heavy atom. The molecule has 0 aliphatic heterocycles. The van der Waals surface area contributed by atoms with Crippen molar-refractivity contribution in [3.8, 4) is 0 Å². The smallest absolute Gasteiger partial charge is 0.320 e. The van der Waals surface area contributed by atoms with E-state index in [4.69, 9.17) is 0 Å². The minimum Gasteiger partial charge on any atom is -0.480 e. The lowest BCUT2D eigenvalue weighted by Gasteiger charge is -2.25. The van der Waals surface area contributed by atoms with E-state index in [1.54, 1.807) is 12.1 Å². The second-order valence-electron chi connectivity index (χ2n) is 9.28. The Bertz CT molecular complexity index is 921. The van der Waals surface area contributed by atoms with E-state index in [0.29, 0.717) is 24.9 Å². The van der Waals surface area contributed by atoms with Gasteiger partial charge in [-0.1, -0.05) is 94.0 Å². The standard InChI is InChI=1S/C29H41N3O4/c1-3-4-5-6-7-14-19-25(27(33)31-24-17-12-9-13-18-24)32-28(34)26(30-22(2)29(35)36)21-20-23-15-10-8-11-16-23/h8-13,15-18,22,25-26,30H,3-7,14,19-21H2,1-2H3,(H,31,33)(H,32,34)(H,35,36)/t22-,25+,26+/m1/s1. The Morgan fingerprint density at radius 2 is 1.39 bits per heavy atom. The summed E-state index contributed by atoms with van der Waals surface area (Å²) in [7, 11) is 0. The largest absolute Gasteiger partial charge is 0.480 e. The third-order valence-electron chi connectivity index (χ3n) is 6.22. The van der Waals surface area contributed by atoms with Crippen molar-refractivity contribution in [1.82, 2.24) is 10.6 Å². The monoisotopic (exact) mass is 495 g/mol. The van der Waals surface area contributed by atoms with Gasteiger partial charge < -0.3 is 15.7 Å². The molecule has 0 aliphatic carbocycles. The Kier molecular flexibility index (Phi) is 13.3. The van der Waals surface area contributed by atoms with Crippen LogP contribution in [-0.4, -0.2) is 41.0 Å². The number of rotatable bonds is 17. The summed E-state index contributed by atoms with van der Waals surface area (Å²) in [5.41, 5.74) is 1.73. The summed E-state index contributed by atoms with van der Waals surface area (Å²) < 4.78 is 0. The molecule has 0 saturated heterocycles. The van der Waals surface area contributed by atoms with E-state index < -0.39 is 24.1 Å². The van der Waals surface area contributed by atoms with E-state index in [2.05, 4.69) is 22.9 Å². The fourth-order valence-corrected chi connectivity index (χ4v) is 4.04. The summed E-state index contributed by atoms with van der Waals surface area (Å²) >= 11 is 0. The average molecular weight is 496 g/mol. The van der Waals surface area contributed by atoms with Gasteiger partial charge in [-0.3, -0.25) is 19.7 Å². The molecule has 196 valence electrons. The molecule has 36 heavy (non-hydrogen) atoms. The maximum atomic E-state index is 13.3. The van der Waals surface area contributed by atoms with E-state index in [-0.39, 0.29) is 11.8 Å². The van der Waals surface area contributed by atoms with E-state index in [1.165, 1.54) is 26.2 Å². The summed E-state index contributed by atoms with van der Waals surface area (Å²) in [5, 5.41) is 18.1. The predicted molar refractivity (Wildman–Crippen MR) is 144 cm³/mol. The molecular weight excluding hydrogens is 454 g/mol. The molecule has 0 bridgehead atoms. The lowest BCUT2D eigenvalue weighted by atomic mass is 10.0. The van der Waals surface area contributed by atoms with Crippen LogP contribution < -0.4 is 16.0 Å². The molecule has 7 nitrogen and oxygen atoms in total. The van der Waals surface area contributed by atoms with Gasteiger partial charge in [0.2, 0.25) is 11.8 Å². The first-order valence-electron chi connectivity index (χ1n) is 13.1. The molecule has 0 saturated carbocycles. The van der Waals surface area contributed by atoms with Crippen molar-refractivity contribution in [3.63, 3.8) is 0 Å². The maximum absolute atomic E-state index is 13.3. The number of carbonyl (C=O) groups excluding carboxylic acids is 2. The van der Waals surface area contributed by atoms with Crippen molar-refractivity contribution in [2.45, 2.75) is 89.8 Å². The molecule has 2 rings (SSSR count). The van der Waals surface area contributed by atoms with Crippen LogP contribution in [-0.2, 0) is 20.8 Å². The van der Waals surface area contributed by atoms with Crippen molar-refractivity contribution in [2.75, 3.05) is 5.32 Å². The summed E-state index contributed by atoms with van der Waals surface area (Å²) in [5.74, 6) is -1.66. The first kappa shape index (κ1) is 29.0. The molecule has 2 aromatic rings. The first-order valence-corrected chi connectivity index (χ1v) is 13.1. The van der Waals surface area contributed by atoms with Crippen molar-refractivity contribution in [2.24, 2.45) is 0 Å². The van der Waals surface area contributed by atoms with Crippen LogP contribution in [0.1, 0.15) is 70.8 Å². The number of hydrogen-bond acceptors (Lipinski definition) is 4. The van der Waals surface area contributed by atoms with E-state index in [1.807, 2.05) is 48.5 Å². The van der Waals surface area contributed by atoms with Crippen LogP contribution in [0, 0.1) is 0 Å². The van der Waals surface area contributed by atoms with E-state index >= 15 is 0 Å². The zero-order valence-corrected chi connectivity index (χ0v) is 21.5. The highest BCUT2D eigenvalue weighted by molar-refractivity contribution is 5.97. The third-order valence-corrected chi connectivity index (χ3v) is 6.22. The van der Waals surface area contributed by atoms with Gasteiger partial charge in [-0.05, 0) is 43.9 Å². The van der Waals surface area contributed by atoms with Crippen molar-refractivity contribution >= 4 is 23.5 Å². The topological polar surface area (TPSA) is 108 Å². The number of aryl methyl sites for hydroxylation is 1. The molecule has 0 fully saturated rings. The number of amides is 2. The van der Waals surface area contributed by atoms with Gasteiger partial charge in [-0.15, -0.1) is 0 Å². The molecule has 0 spiro atoms. The van der Waals surface area contributed by atoms with Gasteiger partial charge in [-0.25, -0.2) is 0 Å². The van der Waals surface area contributed by atoms with Gasteiger partial charge in [0.25, 0.3) is 0 Å². The molecule has 7 heteroatoms. The molecular formula is C29H41N3O4. The van der Waals surface area contributed by atoms with Gasteiger partial charge in [0, 0.05) is 5.69 Å². The van der Waals surface area contributed by atoms with Crippen LogP contribution in [0.25, 0.3) is 0 Å². The molecule has 2 aromatic carbocycles. The summed E-state index contributed by atoms with van der Waals surface area (Å²) in [6.45, 7) is 3.69. The van der Waals surface area contributed by atoms with Crippen LogP contribution in [0.4, 0.5) is 5.69 Å². The van der Waals surface area contributed by atoms with E-state index in [9.17, 15) is 19.5 Å². The Labute approximate surface area is 215 Å². The highest BCUT2D eigenvalue weighted by Gasteiger charge is 2.27. The number of carboxylic acid groups (broad SMARTS) is 1. The molecule has 0 unspecified atom stereocenters. The maximum Gasteiger partial charge on any atom is 0.320 e. The number of hydrogen-bond donors (Lipinski definition) is 4. The highest BCUT2D eigenvalue weighted by atomic mass is 16.4. The van der Waals surface area contributed by atoms with Gasteiger partial charge in [-0.2, -0.15) is 0 Å². The Morgan fingerprint density at radius 1 is 0.778 bits per heavy atom. The summed E-state index contributed by atoms with van der Waals surface area (Å²) in [6, 6.07) is 16.6. The normalized spacial score (nSPS) is 13.4. The molecule has 2 amide bonds. The number of unbranched alkanes of at least 4 members (excludes halogenated alkanes) is 5. The number of carbonyl (C=O) groups is 3. The third kappa shape index (κ3) is 11.0. The second kappa shape index (κ2) is 16.5.